The normalized spacial score (nSPS) is 12.1. The molecule has 2 nitrogen and oxygen atoms in total. The van der Waals surface area contributed by atoms with Crippen LogP contribution in [0, 0.1) is 12.7 Å². The van der Waals surface area contributed by atoms with Gasteiger partial charge < -0.3 is 5.73 Å². The van der Waals surface area contributed by atoms with E-state index < -0.39 is 0 Å². The van der Waals surface area contributed by atoms with Gasteiger partial charge in [-0.05, 0) is 24.6 Å². The number of pyridine rings is 1. The van der Waals surface area contributed by atoms with Crippen molar-refractivity contribution >= 4 is 16.6 Å². The fraction of sp³-hybridized carbons (Fsp3) is 0.357. The van der Waals surface area contributed by atoms with Gasteiger partial charge in [0.05, 0.1) is 10.9 Å². The first-order valence-electron chi connectivity index (χ1n) is 5.66. The lowest BCUT2D eigenvalue weighted by Gasteiger charge is -2.19. The second-order valence-corrected chi connectivity index (χ2v) is 5.43. The number of benzene rings is 1. The first kappa shape index (κ1) is 11.8. The van der Waals surface area contributed by atoms with Crippen molar-refractivity contribution in [2.75, 3.05) is 5.73 Å². The number of fused-ring (bicyclic) bond motifs is 1. The molecule has 0 unspecified atom stereocenters. The third kappa shape index (κ3) is 1.97. The van der Waals surface area contributed by atoms with Gasteiger partial charge in [-0.3, -0.25) is 4.98 Å². The fourth-order valence-electron chi connectivity index (χ4n) is 1.85. The van der Waals surface area contributed by atoms with Crippen molar-refractivity contribution in [3.8, 4) is 0 Å². The van der Waals surface area contributed by atoms with E-state index in [-0.39, 0.29) is 11.2 Å². The number of aromatic nitrogens is 1. The first-order valence-corrected chi connectivity index (χ1v) is 5.66. The summed E-state index contributed by atoms with van der Waals surface area (Å²) in [6.45, 7) is 8.11. The molecule has 0 aliphatic carbocycles. The highest BCUT2D eigenvalue weighted by Gasteiger charge is 2.19. The first-order chi connectivity index (χ1) is 7.80. The smallest absolute Gasteiger partial charge is 0.134 e. The van der Waals surface area contributed by atoms with E-state index in [0.29, 0.717) is 16.6 Å². The molecule has 0 amide bonds. The molecule has 1 aromatic carbocycles. The maximum Gasteiger partial charge on any atom is 0.134 e. The van der Waals surface area contributed by atoms with Crippen LogP contribution in [-0.4, -0.2) is 4.98 Å². The summed E-state index contributed by atoms with van der Waals surface area (Å²) < 4.78 is 13.7. The van der Waals surface area contributed by atoms with Crippen molar-refractivity contribution in [3.05, 3.63) is 35.3 Å². The molecule has 0 aliphatic heterocycles. The van der Waals surface area contributed by atoms with Crippen LogP contribution in [0.5, 0.6) is 0 Å². The zero-order valence-electron chi connectivity index (χ0n) is 10.6. The molecule has 2 rings (SSSR count). The number of hydrogen-bond acceptors (Lipinski definition) is 2. The van der Waals surface area contributed by atoms with Crippen molar-refractivity contribution in [2.45, 2.75) is 33.1 Å². The number of halogens is 1. The molecule has 0 saturated carbocycles. The molecule has 2 N–H and O–H groups in total. The summed E-state index contributed by atoms with van der Waals surface area (Å²) >= 11 is 0. The number of aryl methyl sites for hydroxylation is 1. The minimum absolute atomic E-state index is 0.0962. The zero-order valence-corrected chi connectivity index (χ0v) is 10.6. The van der Waals surface area contributed by atoms with Gasteiger partial charge in [0.2, 0.25) is 0 Å². The van der Waals surface area contributed by atoms with Crippen LogP contribution in [0.3, 0.4) is 0 Å². The number of nitrogen functional groups attached to an aromatic ring is 1. The molecule has 0 atom stereocenters. The Morgan fingerprint density at radius 1 is 1.24 bits per heavy atom. The summed E-state index contributed by atoms with van der Waals surface area (Å²) in [4.78, 5) is 4.55. The van der Waals surface area contributed by atoms with E-state index in [1.54, 1.807) is 12.1 Å². The number of nitrogens with two attached hydrogens (primary N) is 1. The number of rotatable bonds is 0. The van der Waals surface area contributed by atoms with E-state index in [0.717, 1.165) is 11.3 Å². The molecule has 90 valence electrons. The molecule has 17 heavy (non-hydrogen) atoms. The lowest BCUT2D eigenvalue weighted by molar-refractivity contribution is 0.571. The fourth-order valence-corrected chi connectivity index (χ4v) is 1.85. The molecule has 0 saturated heterocycles. The van der Waals surface area contributed by atoms with Gasteiger partial charge in [-0.15, -0.1) is 0 Å². The van der Waals surface area contributed by atoms with Crippen LogP contribution in [-0.2, 0) is 5.41 Å². The Labute approximate surface area is 101 Å². The lowest BCUT2D eigenvalue weighted by Crippen LogP contribution is -2.14. The van der Waals surface area contributed by atoms with Crippen LogP contribution in [0.1, 0.15) is 32.0 Å². The minimum atomic E-state index is -0.309. The van der Waals surface area contributed by atoms with Gasteiger partial charge in [0.1, 0.15) is 5.82 Å². The van der Waals surface area contributed by atoms with Crippen molar-refractivity contribution in [1.82, 2.24) is 4.98 Å². The standard InChI is InChI=1S/C14H17FN2/c1-8-5-6-9(15)12-10(16)7-11(14(2,3)4)17-13(8)12/h5-7H,1-4H3,(H2,16,17). The highest BCUT2D eigenvalue weighted by molar-refractivity contribution is 5.92. The van der Waals surface area contributed by atoms with E-state index in [9.17, 15) is 4.39 Å². The van der Waals surface area contributed by atoms with Gasteiger partial charge in [-0.25, -0.2) is 4.39 Å². The van der Waals surface area contributed by atoms with Gasteiger partial charge in [0, 0.05) is 16.8 Å². The van der Waals surface area contributed by atoms with E-state index in [1.165, 1.54) is 6.07 Å². The minimum Gasteiger partial charge on any atom is -0.398 e. The number of hydrogen-bond donors (Lipinski definition) is 1. The molecule has 1 heterocycles. The van der Waals surface area contributed by atoms with Crippen LogP contribution in [0.15, 0.2) is 18.2 Å². The van der Waals surface area contributed by atoms with Crippen LogP contribution >= 0.6 is 0 Å². The van der Waals surface area contributed by atoms with Gasteiger partial charge in [0.15, 0.2) is 0 Å². The Morgan fingerprint density at radius 3 is 2.47 bits per heavy atom. The SMILES string of the molecule is Cc1ccc(F)c2c(N)cc(C(C)(C)C)nc12. The summed E-state index contributed by atoms with van der Waals surface area (Å²) in [6, 6.07) is 4.94. The second-order valence-electron chi connectivity index (χ2n) is 5.43. The summed E-state index contributed by atoms with van der Waals surface area (Å²) in [7, 11) is 0. The Balaban J connectivity index is 2.87. The molecule has 0 bridgehead atoms. The molecule has 0 spiro atoms. The maximum absolute atomic E-state index is 13.7. The van der Waals surface area contributed by atoms with Crippen molar-refractivity contribution < 1.29 is 4.39 Å². The molecule has 0 aliphatic rings. The zero-order chi connectivity index (χ0) is 12.8. The second kappa shape index (κ2) is 3.69. The van der Waals surface area contributed by atoms with Gasteiger partial charge in [-0.1, -0.05) is 26.8 Å². The van der Waals surface area contributed by atoms with Gasteiger partial charge in [-0.2, -0.15) is 0 Å². The van der Waals surface area contributed by atoms with E-state index >= 15 is 0 Å². The van der Waals surface area contributed by atoms with Crippen molar-refractivity contribution in [2.24, 2.45) is 0 Å². The largest absolute Gasteiger partial charge is 0.398 e. The van der Waals surface area contributed by atoms with Crippen LogP contribution in [0.4, 0.5) is 10.1 Å². The van der Waals surface area contributed by atoms with Gasteiger partial charge >= 0.3 is 0 Å². The molecular formula is C14H17FN2. The summed E-state index contributed by atoms with van der Waals surface area (Å²) in [5.74, 6) is -0.309. The molecule has 0 fully saturated rings. The Morgan fingerprint density at radius 2 is 1.88 bits per heavy atom. The monoisotopic (exact) mass is 232 g/mol. The summed E-state index contributed by atoms with van der Waals surface area (Å²) in [5.41, 5.74) is 8.80. The average molecular weight is 232 g/mol. The number of anilines is 1. The molecule has 3 heteroatoms. The van der Waals surface area contributed by atoms with Crippen LogP contribution in [0.2, 0.25) is 0 Å². The van der Waals surface area contributed by atoms with Gasteiger partial charge in [0.25, 0.3) is 0 Å². The topological polar surface area (TPSA) is 38.9 Å². The summed E-state index contributed by atoms with van der Waals surface area (Å²) in [5, 5.41) is 0.429. The van der Waals surface area contributed by atoms with Crippen molar-refractivity contribution in [3.63, 3.8) is 0 Å². The highest BCUT2D eigenvalue weighted by Crippen LogP contribution is 2.30. The Hall–Kier alpha value is -1.64. The van der Waals surface area contributed by atoms with E-state index in [4.69, 9.17) is 5.73 Å². The average Bonchev–Trinajstić information content (AvgIpc) is 2.21. The van der Waals surface area contributed by atoms with Crippen LogP contribution in [0.25, 0.3) is 10.9 Å². The predicted octanol–water partition coefficient (Wildman–Crippen LogP) is 3.56. The predicted molar refractivity (Wildman–Crippen MR) is 69.6 cm³/mol. The molecular weight excluding hydrogens is 215 g/mol. The highest BCUT2D eigenvalue weighted by atomic mass is 19.1. The maximum atomic E-state index is 13.7. The molecule has 2 aromatic rings. The third-order valence-electron chi connectivity index (χ3n) is 2.91. The quantitative estimate of drug-likeness (QED) is 0.754. The Kier molecular flexibility index (Phi) is 2.57. The van der Waals surface area contributed by atoms with E-state index in [1.807, 2.05) is 6.92 Å². The lowest BCUT2D eigenvalue weighted by atomic mass is 9.90. The van der Waals surface area contributed by atoms with E-state index in [2.05, 4.69) is 25.8 Å². The molecule has 0 radical (unpaired) electrons. The molecule has 1 aromatic heterocycles. The Bertz CT molecular complexity index is 583. The summed E-state index contributed by atoms with van der Waals surface area (Å²) in [6.07, 6.45) is 0. The van der Waals surface area contributed by atoms with Crippen LogP contribution < -0.4 is 5.73 Å². The van der Waals surface area contributed by atoms with Crippen molar-refractivity contribution in [1.29, 1.82) is 0 Å². The third-order valence-corrected chi connectivity index (χ3v) is 2.91. The number of nitrogens with zero attached hydrogens (tertiary/aromatic N) is 1.